The standard InChI is InChI=1S/C14H22N2O3S/c1-3-11(8-10-4-5-10)16-20(17,18)14-7-6-12(19-2)9-13(14)15/h6-7,9-11,16H,3-5,8,15H2,1-2H3. The Labute approximate surface area is 120 Å². The highest BCUT2D eigenvalue weighted by atomic mass is 32.2. The molecule has 20 heavy (non-hydrogen) atoms. The van der Waals surface area contributed by atoms with Crippen molar-refractivity contribution in [1.29, 1.82) is 0 Å². The van der Waals surface area contributed by atoms with Crippen LogP contribution in [0.4, 0.5) is 5.69 Å². The quantitative estimate of drug-likeness (QED) is 0.756. The number of methoxy groups -OCH3 is 1. The molecular weight excluding hydrogens is 276 g/mol. The molecule has 0 bridgehead atoms. The second-order valence-electron chi connectivity index (χ2n) is 5.31. The highest BCUT2D eigenvalue weighted by Gasteiger charge is 2.28. The molecule has 1 fully saturated rings. The summed E-state index contributed by atoms with van der Waals surface area (Å²) in [6.45, 7) is 1.99. The van der Waals surface area contributed by atoms with Gasteiger partial charge in [-0.25, -0.2) is 13.1 Å². The summed E-state index contributed by atoms with van der Waals surface area (Å²) < 4.78 is 32.6. The van der Waals surface area contributed by atoms with E-state index in [1.807, 2.05) is 6.92 Å². The molecule has 0 radical (unpaired) electrons. The molecule has 1 aromatic carbocycles. The van der Waals surface area contributed by atoms with Crippen LogP contribution in [0.5, 0.6) is 5.75 Å². The third-order valence-electron chi connectivity index (χ3n) is 3.64. The minimum Gasteiger partial charge on any atom is -0.497 e. The molecule has 1 aliphatic rings. The number of nitrogen functional groups attached to an aromatic ring is 1. The highest BCUT2D eigenvalue weighted by molar-refractivity contribution is 7.89. The number of hydrogen-bond acceptors (Lipinski definition) is 4. The zero-order valence-corrected chi connectivity index (χ0v) is 12.7. The number of rotatable bonds is 7. The first-order chi connectivity index (χ1) is 9.46. The average molecular weight is 298 g/mol. The summed E-state index contributed by atoms with van der Waals surface area (Å²) in [6.07, 6.45) is 4.11. The van der Waals surface area contributed by atoms with Gasteiger partial charge in [0.15, 0.2) is 0 Å². The van der Waals surface area contributed by atoms with Crippen LogP contribution in [-0.4, -0.2) is 21.6 Å². The van der Waals surface area contributed by atoms with Crippen molar-refractivity contribution in [3.8, 4) is 5.75 Å². The summed E-state index contributed by atoms with van der Waals surface area (Å²) >= 11 is 0. The Bertz CT molecular complexity index is 568. The summed E-state index contributed by atoms with van der Waals surface area (Å²) in [7, 11) is -2.06. The van der Waals surface area contributed by atoms with Crippen LogP contribution in [-0.2, 0) is 10.0 Å². The predicted molar refractivity (Wildman–Crippen MR) is 79.1 cm³/mol. The fourth-order valence-electron chi connectivity index (χ4n) is 2.24. The van der Waals surface area contributed by atoms with Crippen LogP contribution in [0.3, 0.4) is 0 Å². The zero-order valence-electron chi connectivity index (χ0n) is 11.9. The first kappa shape index (κ1) is 15.1. The lowest BCUT2D eigenvalue weighted by molar-refractivity contribution is 0.414. The number of hydrogen-bond donors (Lipinski definition) is 2. The van der Waals surface area contributed by atoms with Gasteiger partial charge in [-0.1, -0.05) is 19.8 Å². The van der Waals surface area contributed by atoms with Crippen molar-refractivity contribution in [2.45, 2.75) is 43.5 Å². The van der Waals surface area contributed by atoms with Gasteiger partial charge in [0.05, 0.1) is 12.8 Å². The van der Waals surface area contributed by atoms with E-state index in [1.165, 1.54) is 32.1 Å². The van der Waals surface area contributed by atoms with Crippen LogP contribution in [0.1, 0.15) is 32.6 Å². The Morgan fingerprint density at radius 1 is 1.45 bits per heavy atom. The van der Waals surface area contributed by atoms with Gasteiger partial charge in [0.25, 0.3) is 0 Å². The Kier molecular flexibility index (Phi) is 4.55. The van der Waals surface area contributed by atoms with E-state index >= 15 is 0 Å². The third kappa shape index (κ3) is 3.64. The van der Waals surface area contributed by atoms with Gasteiger partial charge in [0, 0.05) is 12.1 Å². The molecule has 112 valence electrons. The molecule has 1 saturated carbocycles. The molecule has 0 amide bonds. The zero-order chi connectivity index (χ0) is 14.8. The number of nitrogens with one attached hydrogen (secondary N) is 1. The second-order valence-corrected chi connectivity index (χ2v) is 6.99. The lowest BCUT2D eigenvalue weighted by atomic mass is 10.1. The second kappa shape index (κ2) is 6.01. The first-order valence-corrected chi connectivity index (χ1v) is 8.40. The first-order valence-electron chi connectivity index (χ1n) is 6.92. The molecule has 2 rings (SSSR count). The maximum atomic E-state index is 12.4. The van der Waals surface area contributed by atoms with Crippen LogP contribution in [0.15, 0.2) is 23.1 Å². The molecule has 6 heteroatoms. The molecule has 1 atom stereocenters. The summed E-state index contributed by atoms with van der Waals surface area (Å²) in [6, 6.07) is 4.60. The molecule has 1 unspecified atom stereocenters. The SMILES string of the molecule is CCC(CC1CC1)NS(=O)(=O)c1ccc(OC)cc1N. The number of ether oxygens (including phenoxy) is 1. The summed E-state index contributed by atoms with van der Waals surface area (Å²) in [5.74, 6) is 1.22. The maximum absolute atomic E-state index is 12.4. The molecule has 3 N–H and O–H groups in total. The van der Waals surface area contributed by atoms with E-state index in [-0.39, 0.29) is 16.6 Å². The van der Waals surface area contributed by atoms with Crippen LogP contribution in [0.2, 0.25) is 0 Å². The maximum Gasteiger partial charge on any atom is 0.242 e. The van der Waals surface area contributed by atoms with Gasteiger partial charge >= 0.3 is 0 Å². The van der Waals surface area contributed by atoms with E-state index in [0.717, 1.165) is 12.8 Å². The molecule has 0 saturated heterocycles. The van der Waals surface area contributed by atoms with Crippen LogP contribution in [0, 0.1) is 5.92 Å². The smallest absolute Gasteiger partial charge is 0.242 e. The molecule has 0 aliphatic heterocycles. The predicted octanol–water partition coefficient (Wildman–Crippen LogP) is 2.13. The van der Waals surface area contributed by atoms with Gasteiger partial charge < -0.3 is 10.5 Å². The van der Waals surface area contributed by atoms with Gasteiger partial charge in [0.1, 0.15) is 10.6 Å². The van der Waals surface area contributed by atoms with Crippen LogP contribution in [0.25, 0.3) is 0 Å². The fourth-order valence-corrected chi connectivity index (χ4v) is 3.68. The van der Waals surface area contributed by atoms with E-state index in [0.29, 0.717) is 11.7 Å². The fraction of sp³-hybridized carbons (Fsp3) is 0.571. The Hall–Kier alpha value is -1.27. The van der Waals surface area contributed by atoms with Crippen molar-refractivity contribution in [2.75, 3.05) is 12.8 Å². The van der Waals surface area contributed by atoms with E-state index in [9.17, 15) is 8.42 Å². The summed E-state index contributed by atoms with van der Waals surface area (Å²) in [5, 5.41) is 0. The van der Waals surface area contributed by atoms with Crippen LogP contribution < -0.4 is 15.2 Å². The lowest BCUT2D eigenvalue weighted by Crippen LogP contribution is -2.35. The molecule has 0 heterocycles. The Morgan fingerprint density at radius 3 is 2.65 bits per heavy atom. The van der Waals surface area contributed by atoms with Crippen molar-refractivity contribution >= 4 is 15.7 Å². The van der Waals surface area contributed by atoms with Crippen molar-refractivity contribution in [1.82, 2.24) is 4.72 Å². The van der Waals surface area contributed by atoms with Gasteiger partial charge in [0.2, 0.25) is 10.0 Å². The minimum atomic E-state index is -3.58. The molecule has 1 aromatic rings. The normalized spacial score (nSPS) is 16.9. The number of anilines is 1. The molecule has 5 nitrogen and oxygen atoms in total. The topological polar surface area (TPSA) is 81.4 Å². The summed E-state index contributed by atoms with van der Waals surface area (Å²) in [5.41, 5.74) is 6.02. The number of sulfonamides is 1. The van der Waals surface area contributed by atoms with Crippen molar-refractivity contribution in [3.05, 3.63) is 18.2 Å². The van der Waals surface area contributed by atoms with Gasteiger partial charge in [-0.15, -0.1) is 0 Å². The average Bonchev–Trinajstić information content (AvgIpc) is 3.21. The van der Waals surface area contributed by atoms with Crippen molar-refractivity contribution < 1.29 is 13.2 Å². The largest absolute Gasteiger partial charge is 0.497 e. The van der Waals surface area contributed by atoms with E-state index < -0.39 is 10.0 Å². The molecule has 1 aliphatic carbocycles. The van der Waals surface area contributed by atoms with Crippen molar-refractivity contribution in [3.63, 3.8) is 0 Å². The van der Waals surface area contributed by atoms with Crippen molar-refractivity contribution in [2.24, 2.45) is 5.92 Å². The summed E-state index contributed by atoms with van der Waals surface area (Å²) in [4.78, 5) is 0.118. The minimum absolute atomic E-state index is 0.0194. The van der Waals surface area contributed by atoms with E-state index in [1.54, 1.807) is 6.07 Å². The van der Waals surface area contributed by atoms with Gasteiger partial charge in [-0.05, 0) is 30.9 Å². The monoisotopic (exact) mass is 298 g/mol. The number of nitrogens with two attached hydrogens (primary N) is 1. The molecule has 0 aromatic heterocycles. The van der Waals surface area contributed by atoms with Gasteiger partial charge in [-0.3, -0.25) is 0 Å². The van der Waals surface area contributed by atoms with E-state index in [4.69, 9.17) is 10.5 Å². The van der Waals surface area contributed by atoms with Crippen LogP contribution >= 0.6 is 0 Å². The van der Waals surface area contributed by atoms with Gasteiger partial charge in [-0.2, -0.15) is 0 Å². The molecular formula is C14H22N2O3S. The lowest BCUT2D eigenvalue weighted by Gasteiger charge is -2.17. The van der Waals surface area contributed by atoms with E-state index in [2.05, 4.69) is 4.72 Å². The Morgan fingerprint density at radius 2 is 2.15 bits per heavy atom. The third-order valence-corrected chi connectivity index (χ3v) is 5.23. The highest BCUT2D eigenvalue weighted by Crippen LogP contribution is 2.34. The molecule has 0 spiro atoms. The Balaban J connectivity index is 2.16. The number of benzene rings is 1.